The summed E-state index contributed by atoms with van der Waals surface area (Å²) < 4.78 is 18.4. The van der Waals surface area contributed by atoms with Crippen molar-refractivity contribution in [3.05, 3.63) is 30.1 Å². The highest BCUT2D eigenvalue weighted by Crippen LogP contribution is 2.11. The number of halogens is 1. The lowest BCUT2D eigenvalue weighted by Crippen LogP contribution is -2.49. The Bertz CT molecular complexity index is 513. The summed E-state index contributed by atoms with van der Waals surface area (Å²) in [4.78, 5) is 6.83. The molecule has 0 saturated carbocycles. The van der Waals surface area contributed by atoms with Crippen molar-refractivity contribution in [2.75, 3.05) is 39.8 Å². The predicted octanol–water partition coefficient (Wildman–Crippen LogP) is 2.63. The van der Waals surface area contributed by atoms with Crippen LogP contribution in [-0.4, -0.2) is 56.7 Å². The van der Waals surface area contributed by atoms with Crippen LogP contribution in [0.1, 0.15) is 32.6 Å². The molecule has 0 bridgehead atoms. The summed E-state index contributed by atoms with van der Waals surface area (Å²) in [6.07, 6.45) is 4.40. The number of likely N-dealkylation sites (tertiary alicyclic amines) is 1. The van der Waals surface area contributed by atoms with E-state index in [1.807, 2.05) is 0 Å². The zero-order valence-electron chi connectivity index (χ0n) is 15.4. The molecular formula is C19H31FN4O. The number of hydrogen-bond donors (Lipinski definition) is 2. The lowest BCUT2D eigenvalue weighted by atomic mass is 10.1. The Morgan fingerprint density at radius 3 is 2.64 bits per heavy atom. The van der Waals surface area contributed by atoms with Gasteiger partial charge in [-0.25, -0.2) is 4.39 Å². The minimum absolute atomic E-state index is 0.246. The van der Waals surface area contributed by atoms with E-state index in [4.69, 9.17) is 4.74 Å². The maximum absolute atomic E-state index is 12.8. The van der Waals surface area contributed by atoms with E-state index in [1.165, 1.54) is 25.1 Å². The van der Waals surface area contributed by atoms with Crippen LogP contribution >= 0.6 is 0 Å². The molecule has 0 radical (unpaired) electrons. The first-order valence-electron chi connectivity index (χ1n) is 9.29. The molecule has 0 amide bonds. The van der Waals surface area contributed by atoms with Crippen molar-refractivity contribution in [1.82, 2.24) is 15.5 Å². The van der Waals surface area contributed by atoms with Gasteiger partial charge in [-0.15, -0.1) is 0 Å². The van der Waals surface area contributed by atoms with Gasteiger partial charge in [0.2, 0.25) is 0 Å². The van der Waals surface area contributed by atoms with Gasteiger partial charge in [-0.2, -0.15) is 0 Å². The molecule has 0 unspecified atom stereocenters. The van der Waals surface area contributed by atoms with Gasteiger partial charge < -0.3 is 20.3 Å². The van der Waals surface area contributed by atoms with Crippen molar-refractivity contribution in [1.29, 1.82) is 0 Å². The third-order valence-corrected chi connectivity index (χ3v) is 4.39. The van der Waals surface area contributed by atoms with Crippen LogP contribution in [0.5, 0.6) is 5.75 Å². The monoisotopic (exact) mass is 350 g/mol. The zero-order valence-corrected chi connectivity index (χ0v) is 15.4. The van der Waals surface area contributed by atoms with Gasteiger partial charge >= 0.3 is 0 Å². The molecule has 0 atom stereocenters. The van der Waals surface area contributed by atoms with Crippen LogP contribution in [0.2, 0.25) is 0 Å². The van der Waals surface area contributed by atoms with E-state index in [0.29, 0.717) is 18.4 Å². The van der Waals surface area contributed by atoms with Gasteiger partial charge in [0.1, 0.15) is 11.6 Å². The molecule has 25 heavy (non-hydrogen) atoms. The summed E-state index contributed by atoms with van der Waals surface area (Å²) in [5.41, 5.74) is 0. The van der Waals surface area contributed by atoms with Crippen molar-refractivity contribution >= 4 is 5.96 Å². The van der Waals surface area contributed by atoms with E-state index in [0.717, 1.165) is 44.9 Å². The highest BCUT2D eigenvalue weighted by atomic mass is 19.1. The molecule has 1 heterocycles. The Morgan fingerprint density at radius 1 is 1.28 bits per heavy atom. The molecule has 1 aliphatic rings. The number of ether oxygens (including phenoxy) is 1. The summed E-state index contributed by atoms with van der Waals surface area (Å²) in [6.45, 7) is 7.13. The summed E-state index contributed by atoms with van der Waals surface area (Å²) in [5, 5.41) is 6.85. The van der Waals surface area contributed by atoms with Gasteiger partial charge in [-0.3, -0.25) is 4.99 Å². The topological polar surface area (TPSA) is 48.9 Å². The maximum Gasteiger partial charge on any atom is 0.191 e. The first-order valence-corrected chi connectivity index (χ1v) is 9.29. The fourth-order valence-electron chi connectivity index (χ4n) is 3.00. The van der Waals surface area contributed by atoms with Gasteiger partial charge in [0.25, 0.3) is 0 Å². The summed E-state index contributed by atoms with van der Waals surface area (Å²) >= 11 is 0. The van der Waals surface area contributed by atoms with Crippen LogP contribution < -0.4 is 15.4 Å². The van der Waals surface area contributed by atoms with Gasteiger partial charge in [-0.1, -0.05) is 6.92 Å². The molecule has 1 fully saturated rings. The fourth-order valence-corrected chi connectivity index (χ4v) is 3.00. The summed E-state index contributed by atoms with van der Waals surface area (Å²) in [7, 11) is 1.80. The third kappa shape index (κ3) is 7.30. The minimum atomic E-state index is -0.246. The number of nitrogens with zero attached hydrogens (tertiary/aromatic N) is 2. The number of aliphatic imine (C=N–C) groups is 1. The molecule has 1 saturated heterocycles. The number of rotatable bonds is 8. The number of guanidine groups is 1. The standard InChI is InChI=1S/C19H31FN4O/c1-3-12-24-13-9-17(10-14-24)23-19(21-2)22-11-4-15-25-18-7-5-16(20)6-8-18/h5-8,17H,3-4,9-15H2,1-2H3,(H2,21,22,23). The van der Waals surface area contributed by atoms with E-state index >= 15 is 0 Å². The Labute approximate surface area is 150 Å². The minimum Gasteiger partial charge on any atom is -0.494 e. The van der Waals surface area contributed by atoms with E-state index in [9.17, 15) is 4.39 Å². The second kappa shape index (κ2) is 10.9. The highest BCUT2D eigenvalue weighted by molar-refractivity contribution is 5.79. The molecule has 0 spiro atoms. The average molecular weight is 350 g/mol. The maximum atomic E-state index is 12.8. The lowest BCUT2D eigenvalue weighted by molar-refractivity contribution is 0.206. The van der Waals surface area contributed by atoms with Crippen LogP contribution in [0.4, 0.5) is 4.39 Å². The van der Waals surface area contributed by atoms with Gasteiger partial charge in [0, 0.05) is 32.7 Å². The second-order valence-electron chi connectivity index (χ2n) is 6.42. The fraction of sp³-hybridized carbons (Fsp3) is 0.632. The molecule has 0 aliphatic carbocycles. The van der Waals surface area contributed by atoms with Crippen molar-refractivity contribution in [2.24, 2.45) is 4.99 Å². The van der Waals surface area contributed by atoms with Gasteiger partial charge in [0.15, 0.2) is 5.96 Å². The molecule has 6 heteroatoms. The van der Waals surface area contributed by atoms with Gasteiger partial charge in [0.05, 0.1) is 6.61 Å². The highest BCUT2D eigenvalue weighted by Gasteiger charge is 2.19. The lowest BCUT2D eigenvalue weighted by Gasteiger charge is -2.32. The van der Waals surface area contributed by atoms with E-state index in [2.05, 4.69) is 27.4 Å². The number of piperidine rings is 1. The largest absolute Gasteiger partial charge is 0.494 e. The molecule has 1 aliphatic heterocycles. The number of benzene rings is 1. The number of hydrogen-bond acceptors (Lipinski definition) is 3. The zero-order chi connectivity index (χ0) is 17.9. The molecule has 2 rings (SSSR count). The van der Waals surface area contributed by atoms with E-state index in [-0.39, 0.29) is 5.82 Å². The Kier molecular flexibility index (Phi) is 8.52. The van der Waals surface area contributed by atoms with Crippen LogP contribution in [0.3, 0.4) is 0 Å². The first kappa shape index (κ1) is 19.5. The smallest absolute Gasteiger partial charge is 0.191 e. The van der Waals surface area contributed by atoms with Crippen LogP contribution in [0.15, 0.2) is 29.3 Å². The van der Waals surface area contributed by atoms with Crippen molar-refractivity contribution in [3.8, 4) is 5.75 Å². The summed E-state index contributed by atoms with van der Waals surface area (Å²) in [5.74, 6) is 1.31. The second-order valence-corrected chi connectivity index (χ2v) is 6.42. The van der Waals surface area contributed by atoms with E-state index in [1.54, 1.807) is 19.2 Å². The SMILES string of the molecule is CCCN1CCC(NC(=NC)NCCCOc2ccc(F)cc2)CC1. The van der Waals surface area contributed by atoms with Gasteiger partial charge in [-0.05, 0) is 56.5 Å². The van der Waals surface area contributed by atoms with Crippen molar-refractivity contribution < 1.29 is 9.13 Å². The summed E-state index contributed by atoms with van der Waals surface area (Å²) in [6, 6.07) is 6.60. The Morgan fingerprint density at radius 2 is 2.00 bits per heavy atom. The Balaban J connectivity index is 1.58. The molecule has 140 valence electrons. The molecule has 1 aromatic rings. The van der Waals surface area contributed by atoms with Crippen LogP contribution in [0.25, 0.3) is 0 Å². The Hall–Kier alpha value is -1.82. The normalized spacial score (nSPS) is 16.7. The van der Waals surface area contributed by atoms with Crippen LogP contribution in [0, 0.1) is 5.82 Å². The predicted molar refractivity (Wildman–Crippen MR) is 101 cm³/mol. The van der Waals surface area contributed by atoms with Crippen molar-refractivity contribution in [3.63, 3.8) is 0 Å². The molecule has 5 nitrogen and oxygen atoms in total. The number of nitrogens with one attached hydrogen (secondary N) is 2. The molecular weight excluding hydrogens is 319 g/mol. The van der Waals surface area contributed by atoms with Crippen LogP contribution in [-0.2, 0) is 0 Å². The third-order valence-electron chi connectivity index (χ3n) is 4.39. The molecule has 0 aromatic heterocycles. The molecule has 1 aromatic carbocycles. The van der Waals surface area contributed by atoms with E-state index < -0.39 is 0 Å². The molecule has 2 N–H and O–H groups in total. The first-order chi connectivity index (χ1) is 12.2. The average Bonchev–Trinajstić information content (AvgIpc) is 2.63. The quantitative estimate of drug-likeness (QED) is 0.430. The van der Waals surface area contributed by atoms with Crippen molar-refractivity contribution in [2.45, 2.75) is 38.6 Å².